The highest BCUT2D eigenvalue weighted by Gasteiger charge is 2.40. The lowest BCUT2D eigenvalue weighted by molar-refractivity contribution is -0.130. The van der Waals surface area contributed by atoms with Gasteiger partial charge >= 0.3 is 0 Å². The van der Waals surface area contributed by atoms with Crippen molar-refractivity contribution in [1.82, 2.24) is 4.90 Å². The predicted octanol–water partition coefficient (Wildman–Crippen LogP) is 2.49. The van der Waals surface area contributed by atoms with Gasteiger partial charge in [-0.05, 0) is 31.5 Å². The van der Waals surface area contributed by atoms with E-state index in [0.29, 0.717) is 12.0 Å². The van der Waals surface area contributed by atoms with Gasteiger partial charge in [0.25, 0.3) is 0 Å². The summed E-state index contributed by atoms with van der Waals surface area (Å²) in [6, 6.07) is 4.05. The fourth-order valence-electron chi connectivity index (χ4n) is 2.49. The molecule has 3 nitrogen and oxygen atoms in total. The topological polar surface area (TPSA) is 46.3 Å². The van der Waals surface area contributed by atoms with Gasteiger partial charge in [0.15, 0.2) is 0 Å². The second kappa shape index (κ2) is 4.86. The molecule has 1 fully saturated rings. The summed E-state index contributed by atoms with van der Waals surface area (Å²) in [4.78, 5) is 13.6. The second-order valence-electron chi connectivity index (χ2n) is 4.88. The number of nitrogens with two attached hydrogens (primary N) is 1. The number of carbonyl (C=O) groups excluding carboxylic acids is 1. The Morgan fingerprint density at radius 1 is 1.50 bits per heavy atom. The van der Waals surface area contributed by atoms with E-state index in [1.165, 1.54) is 12.1 Å². The summed E-state index contributed by atoms with van der Waals surface area (Å²) in [7, 11) is 0. The van der Waals surface area contributed by atoms with Crippen LogP contribution in [0.15, 0.2) is 18.2 Å². The molecule has 1 amide bonds. The molecular weight excluding hydrogens is 255 g/mol. The van der Waals surface area contributed by atoms with Crippen molar-refractivity contribution in [2.75, 3.05) is 0 Å². The molecule has 0 spiro atoms. The third-order valence-corrected chi connectivity index (χ3v) is 3.55. The van der Waals surface area contributed by atoms with Crippen LogP contribution >= 0.6 is 11.6 Å². The quantitative estimate of drug-likeness (QED) is 0.897. The van der Waals surface area contributed by atoms with Crippen molar-refractivity contribution in [2.24, 2.45) is 5.73 Å². The van der Waals surface area contributed by atoms with E-state index in [0.717, 1.165) is 0 Å². The van der Waals surface area contributed by atoms with E-state index >= 15 is 0 Å². The van der Waals surface area contributed by atoms with Crippen molar-refractivity contribution < 1.29 is 9.18 Å². The summed E-state index contributed by atoms with van der Waals surface area (Å²) in [6.07, 6.45) is 0.299. The Balaban J connectivity index is 2.40. The summed E-state index contributed by atoms with van der Waals surface area (Å²) < 4.78 is 13.5. The molecule has 1 aromatic carbocycles. The predicted molar refractivity (Wildman–Crippen MR) is 68.7 cm³/mol. The molecule has 18 heavy (non-hydrogen) atoms. The van der Waals surface area contributed by atoms with E-state index in [9.17, 15) is 9.18 Å². The zero-order valence-electron chi connectivity index (χ0n) is 10.4. The summed E-state index contributed by atoms with van der Waals surface area (Å²) in [5.74, 6) is -0.470. The highest BCUT2D eigenvalue weighted by molar-refractivity contribution is 6.30. The molecule has 0 aliphatic carbocycles. The van der Waals surface area contributed by atoms with Crippen LogP contribution < -0.4 is 5.73 Å². The van der Waals surface area contributed by atoms with Gasteiger partial charge in [0, 0.05) is 18.5 Å². The van der Waals surface area contributed by atoms with Crippen LogP contribution in [0.25, 0.3) is 0 Å². The molecule has 1 aliphatic rings. The second-order valence-corrected chi connectivity index (χ2v) is 5.29. The van der Waals surface area contributed by atoms with E-state index in [4.69, 9.17) is 17.3 Å². The van der Waals surface area contributed by atoms with Crippen molar-refractivity contribution in [3.05, 3.63) is 34.6 Å². The normalized spacial score (nSPS) is 24.1. The Morgan fingerprint density at radius 2 is 2.17 bits per heavy atom. The van der Waals surface area contributed by atoms with Gasteiger partial charge in [0.05, 0.1) is 11.1 Å². The lowest BCUT2D eigenvalue weighted by Gasteiger charge is -2.30. The Bertz CT molecular complexity index is 478. The number of amides is 1. The zero-order valence-corrected chi connectivity index (χ0v) is 11.1. The van der Waals surface area contributed by atoms with Crippen LogP contribution in [0.4, 0.5) is 4.39 Å². The Morgan fingerprint density at radius 3 is 2.72 bits per heavy atom. The fraction of sp³-hybridized carbons (Fsp3) is 0.462. The number of rotatable bonds is 2. The monoisotopic (exact) mass is 270 g/mol. The van der Waals surface area contributed by atoms with Crippen LogP contribution in [0.2, 0.25) is 5.02 Å². The van der Waals surface area contributed by atoms with Gasteiger partial charge in [-0.2, -0.15) is 0 Å². The minimum absolute atomic E-state index is 0.0119. The van der Waals surface area contributed by atoms with E-state index < -0.39 is 5.82 Å². The van der Waals surface area contributed by atoms with Gasteiger partial charge < -0.3 is 10.6 Å². The highest BCUT2D eigenvalue weighted by atomic mass is 35.5. The van der Waals surface area contributed by atoms with Gasteiger partial charge in [-0.25, -0.2) is 4.39 Å². The van der Waals surface area contributed by atoms with Crippen LogP contribution in [0, 0.1) is 5.82 Å². The summed E-state index contributed by atoms with van der Waals surface area (Å²) >= 11 is 5.66. The molecule has 1 aromatic rings. The molecular formula is C13H16ClFN2O. The maximum atomic E-state index is 13.5. The van der Waals surface area contributed by atoms with Gasteiger partial charge in [-0.1, -0.05) is 17.7 Å². The molecule has 0 bridgehead atoms. The molecule has 98 valence electrons. The van der Waals surface area contributed by atoms with Crippen LogP contribution in [0.3, 0.4) is 0 Å². The number of benzene rings is 1. The molecule has 1 saturated heterocycles. The molecule has 0 saturated carbocycles. The lowest BCUT2D eigenvalue weighted by Crippen LogP contribution is -2.37. The van der Waals surface area contributed by atoms with E-state index in [2.05, 4.69) is 0 Å². The van der Waals surface area contributed by atoms with Crippen LogP contribution in [0.1, 0.15) is 31.9 Å². The number of likely N-dealkylation sites (tertiary alicyclic amines) is 1. The van der Waals surface area contributed by atoms with E-state index in [1.54, 1.807) is 11.0 Å². The first kappa shape index (κ1) is 13.3. The summed E-state index contributed by atoms with van der Waals surface area (Å²) in [6.45, 7) is 3.85. The molecule has 2 N–H and O–H groups in total. The fourth-order valence-corrected chi connectivity index (χ4v) is 2.61. The maximum absolute atomic E-state index is 13.5. The summed E-state index contributed by atoms with van der Waals surface area (Å²) in [5.41, 5.74) is 6.70. The first-order valence-electron chi connectivity index (χ1n) is 5.93. The van der Waals surface area contributed by atoms with Gasteiger partial charge in [0.1, 0.15) is 5.82 Å². The highest BCUT2D eigenvalue weighted by Crippen LogP contribution is 2.34. The molecule has 2 atom stereocenters. The SMILES string of the molecule is CC(C)N1C(=O)C[C@@H](N)[C@H]1c1ccc(Cl)c(F)c1. The van der Waals surface area contributed by atoms with Crippen LogP contribution in [0.5, 0.6) is 0 Å². The standard InChI is InChI=1S/C13H16ClFN2O/c1-7(2)17-12(18)6-11(16)13(17)8-3-4-9(14)10(15)5-8/h3-5,7,11,13H,6,16H2,1-2H3/t11-,13-/m1/s1. The molecule has 1 heterocycles. The molecule has 0 aromatic heterocycles. The van der Waals surface area contributed by atoms with E-state index in [1.807, 2.05) is 13.8 Å². The summed E-state index contributed by atoms with van der Waals surface area (Å²) in [5, 5.41) is 0.0766. The molecule has 2 rings (SSSR count). The van der Waals surface area contributed by atoms with Crippen molar-refractivity contribution in [1.29, 1.82) is 0 Å². The van der Waals surface area contributed by atoms with Gasteiger partial charge in [-0.3, -0.25) is 4.79 Å². The average molecular weight is 271 g/mol. The average Bonchev–Trinajstić information content (AvgIpc) is 2.57. The number of nitrogens with zero attached hydrogens (tertiary/aromatic N) is 1. The Kier molecular flexibility index (Phi) is 3.59. The first-order valence-corrected chi connectivity index (χ1v) is 6.31. The lowest BCUT2D eigenvalue weighted by atomic mass is 10.00. The molecule has 1 aliphatic heterocycles. The third-order valence-electron chi connectivity index (χ3n) is 3.25. The molecule has 0 radical (unpaired) electrons. The first-order chi connectivity index (χ1) is 8.41. The number of carbonyl (C=O) groups is 1. The molecule has 0 unspecified atom stereocenters. The van der Waals surface area contributed by atoms with Crippen LogP contribution in [-0.2, 0) is 4.79 Å². The minimum atomic E-state index is -0.482. The van der Waals surface area contributed by atoms with Crippen LogP contribution in [-0.4, -0.2) is 22.9 Å². The third kappa shape index (κ3) is 2.22. The molecule has 5 heteroatoms. The van der Waals surface area contributed by atoms with Crippen molar-refractivity contribution in [2.45, 2.75) is 38.4 Å². The smallest absolute Gasteiger partial charge is 0.225 e. The van der Waals surface area contributed by atoms with Gasteiger partial charge in [0.2, 0.25) is 5.91 Å². The minimum Gasteiger partial charge on any atom is -0.332 e. The van der Waals surface area contributed by atoms with Gasteiger partial charge in [-0.15, -0.1) is 0 Å². The Hall–Kier alpha value is -1.13. The zero-order chi connectivity index (χ0) is 13.4. The van der Waals surface area contributed by atoms with Crippen molar-refractivity contribution >= 4 is 17.5 Å². The number of hydrogen-bond donors (Lipinski definition) is 1. The van der Waals surface area contributed by atoms with Crippen molar-refractivity contribution in [3.8, 4) is 0 Å². The number of halogens is 2. The number of hydrogen-bond acceptors (Lipinski definition) is 2. The Labute approximate surface area is 111 Å². The maximum Gasteiger partial charge on any atom is 0.225 e. The van der Waals surface area contributed by atoms with Crippen molar-refractivity contribution in [3.63, 3.8) is 0 Å². The van der Waals surface area contributed by atoms with E-state index in [-0.39, 0.29) is 29.1 Å². The largest absolute Gasteiger partial charge is 0.332 e.